The molecule has 0 aliphatic carbocycles. The minimum absolute atomic E-state index is 0. The summed E-state index contributed by atoms with van der Waals surface area (Å²) in [5.41, 5.74) is 1.89. The van der Waals surface area contributed by atoms with Gasteiger partial charge in [-0.05, 0) is 47.5 Å². The Bertz CT molecular complexity index is 1220. The highest BCUT2D eigenvalue weighted by Gasteiger charge is 2.29. The minimum atomic E-state index is -0.513. The van der Waals surface area contributed by atoms with Gasteiger partial charge in [-0.15, -0.1) is 12.4 Å². The van der Waals surface area contributed by atoms with E-state index in [1.165, 1.54) is 0 Å². The standard InChI is InChI=1S/C27H23BrCl4N2O2.ClH/c28-21-6-1-18(2-7-21)25(35)11-12-33-13-14-34(17-33)27(32)26(19-3-8-22(29)9-4-19)36-16-20-5-10-23(30)15-24(20)31;/h1-10,13-15,26-27H,11-12,16-17H2;1H. The molecule has 1 aliphatic heterocycles. The molecule has 1 heterocycles. The Hall–Kier alpha value is -1.44. The van der Waals surface area contributed by atoms with E-state index in [0.717, 1.165) is 15.6 Å². The average Bonchev–Trinajstić information content (AvgIpc) is 3.34. The lowest BCUT2D eigenvalue weighted by atomic mass is 10.1. The van der Waals surface area contributed by atoms with Gasteiger partial charge in [0.15, 0.2) is 5.78 Å². The van der Waals surface area contributed by atoms with Crippen LogP contribution < -0.4 is 0 Å². The zero-order valence-corrected chi connectivity index (χ0v) is 24.9. The summed E-state index contributed by atoms with van der Waals surface area (Å²) in [6.45, 7) is 1.38. The number of ether oxygens (including phenoxy) is 1. The molecule has 0 bridgehead atoms. The van der Waals surface area contributed by atoms with Gasteiger partial charge in [0.1, 0.15) is 11.6 Å². The van der Waals surface area contributed by atoms with Crippen LogP contribution in [0.2, 0.25) is 15.1 Å². The summed E-state index contributed by atoms with van der Waals surface area (Å²) in [5.74, 6) is 0.0963. The minimum Gasteiger partial charge on any atom is -0.365 e. The van der Waals surface area contributed by atoms with Crippen molar-refractivity contribution in [1.29, 1.82) is 0 Å². The molecular formula is C27H24BrCl5N2O2. The van der Waals surface area contributed by atoms with Crippen LogP contribution in [0.15, 0.2) is 83.6 Å². The second-order valence-electron chi connectivity index (χ2n) is 8.34. The Morgan fingerprint density at radius 1 is 0.946 bits per heavy atom. The molecule has 0 saturated carbocycles. The molecule has 10 heteroatoms. The Morgan fingerprint density at radius 3 is 2.30 bits per heavy atom. The van der Waals surface area contributed by atoms with E-state index in [2.05, 4.69) is 20.8 Å². The number of Topliss-reactive ketones (excluding diaryl/α,β-unsaturated/α-hetero) is 1. The second kappa shape index (κ2) is 14.1. The highest BCUT2D eigenvalue weighted by Crippen LogP contribution is 2.33. The number of carbonyl (C=O) groups is 1. The molecule has 0 spiro atoms. The Kier molecular flexibility index (Phi) is 11.5. The van der Waals surface area contributed by atoms with Crippen molar-refractivity contribution in [1.82, 2.24) is 9.80 Å². The molecule has 0 fully saturated rings. The van der Waals surface area contributed by atoms with Crippen molar-refractivity contribution < 1.29 is 9.53 Å². The molecule has 3 aromatic rings. The predicted octanol–water partition coefficient (Wildman–Crippen LogP) is 8.97. The van der Waals surface area contributed by atoms with Gasteiger partial charge in [-0.2, -0.15) is 0 Å². The fourth-order valence-electron chi connectivity index (χ4n) is 3.79. The summed E-state index contributed by atoms with van der Waals surface area (Å²) in [6, 6.07) is 20.1. The second-order valence-corrected chi connectivity index (χ2v) is 11.0. The van der Waals surface area contributed by atoms with Crippen LogP contribution in [0.4, 0.5) is 0 Å². The van der Waals surface area contributed by atoms with E-state index < -0.39 is 11.6 Å². The molecular weight excluding hydrogens is 641 g/mol. The van der Waals surface area contributed by atoms with Gasteiger partial charge >= 0.3 is 0 Å². The first-order valence-corrected chi connectivity index (χ1v) is 13.6. The topological polar surface area (TPSA) is 32.8 Å². The predicted molar refractivity (Wildman–Crippen MR) is 158 cm³/mol. The molecule has 0 N–H and O–H groups in total. The highest BCUT2D eigenvalue weighted by atomic mass is 79.9. The van der Waals surface area contributed by atoms with Crippen LogP contribution in [0.25, 0.3) is 0 Å². The van der Waals surface area contributed by atoms with Crippen LogP contribution in [0.3, 0.4) is 0 Å². The molecule has 4 rings (SSSR count). The molecule has 3 aromatic carbocycles. The quantitative estimate of drug-likeness (QED) is 0.123. The molecule has 196 valence electrons. The maximum absolute atomic E-state index is 12.6. The summed E-state index contributed by atoms with van der Waals surface area (Å²) in [6.07, 6.45) is 3.80. The van der Waals surface area contributed by atoms with Crippen LogP contribution in [0, 0.1) is 0 Å². The molecule has 37 heavy (non-hydrogen) atoms. The average molecular weight is 666 g/mol. The lowest BCUT2D eigenvalue weighted by molar-refractivity contribution is 0.00683. The number of carbonyl (C=O) groups excluding carboxylic acids is 1. The summed E-state index contributed by atoms with van der Waals surface area (Å²) < 4.78 is 7.24. The maximum atomic E-state index is 12.6. The van der Waals surface area contributed by atoms with Gasteiger partial charge in [-0.1, -0.05) is 92.7 Å². The summed E-state index contributed by atoms with van der Waals surface area (Å²) >= 11 is 28.8. The van der Waals surface area contributed by atoms with E-state index in [1.54, 1.807) is 12.1 Å². The number of benzene rings is 3. The van der Waals surface area contributed by atoms with Gasteiger partial charge < -0.3 is 14.5 Å². The number of alkyl halides is 1. The number of rotatable bonds is 10. The van der Waals surface area contributed by atoms with Crippen molar-refractivity contribution in [3.63, 3.8) is 0 Å². The monoisotopic (exact) mass is 662 g/mol. The van der Waals surface area contributed by atoms with Crippen molar-refractivity contribution in [2.45, 2.75) is 24.6 Å². The van der Waals surface area contributed by atoms with Crippen molar-refractivity contribution in [3.8, 4) is 0 Å². The highest BCUT2D eigenvalue weighted by molar-refractivity contribution is 9.10. The van der Waals surface area contributed by atoms with Gasteiger partial charge in [-0.3, -0.25) is 4.79 Å². The third kappa shape index (κ3) is 8.27. The van der Waals surface area contributed by atoms with Crippen molar-refractivity contribution in [2.75, 3.05) is 13.2 Å². The Balaban J connectivity index is 0.00000380. The van der Waals surface area contributed by atoms with Crippen LogP contribution in [0.1, 0.15) is 34.0 Å². The first-order chi connectivity index (χ1) is 17.3. The number of hydrogen-bond acceptors (Lipinski definition) is 4. The van der Waals surface area contributed by atoms with Crippen molar-refractivity contribution >= 4 is 80.5 Å². The molecule has 1 aliphatic rings. The zero-order chi connectivity index (χ0) is 25.7. The van der Waals surface area contributed by atoms with Crippen molar-refractivity contribution in [2.24, 2.45) is 0 Å². The van der Waals surface area contributed by atoms with Crippen LogP contribution in [-0.2, 0) is 11.3 Å². The third-order valence-electron chi connectivity index (χ3n) is 5.80. The number of nitrogens with zero attached hydrogens (tertiary/aromatic N) is 2. The smallest absolute Gasteiger partial charge is 0.164 e. The summed E-state index contributed by atoms with van der Waals surface area (Å²) in [4.78, 5) is 16.6. The molecule has 0 radical (unpaired) electrons. The van der Waals surface area contributed by atoms with E-state index in [-0.39, 0.29) is 24.8 Å². The van der Waals surface area contributed by atoms with E-state index in [9.17, 15) is 4.79 Å². The lowest BCUT2D eigenvalue weighted by Crippen LogP contribution is -2.36. The number of ketones is 1. The van der Waals surface area contributed by atoms with Crippen LogP contribution >= 0.6 is 74.7 Å². The molecule has 4 nitrogen and oxygen atoms in total. The SMILES string of the molecule is Cl.O=C(CCN1C=CN(C(Cl)C(OCc2ccc(Cl)cc2Cl)c2ccc(Cl)cc2)C1)c1ccc(Br)cc1. The normalized spacial score (nSPS) is 14.4. The first-order valence-electron chi connectivity index (χ1n) is 11.2. The van der Waals surface area contributed by atoms with Crippen LogP contribution in [-0.4, -0.2) is 34.3 Å². The van der Waals surface area contributed by atoms with E-state index in [1.807, 2.05) is 71.9 Å². The summed E-state index contributed by atoms with van der Waals surface area (Å²) in [5, 5.41) is 1.73. The van der Waals surface area contributed by atoms with Crippen LogP contribution in [0.5, 0.6) is 0 Å². The first kappa shape index (κ1) is 30.1. The fourth-order valence-corrected chi connectivity index (χ4v) is 4.99. The van der Waals surface area contributed by atoms with Gasteiger partial charge in [0.05, 0.1) is 13.3 Å². The Morgan fingerprint density at radius 2 is 1.62 bits per heavy atom. The number of hydrogen-bond donors (Lipinski definition) is 0. The third-order valence-corrected chi connectivity index (χ3v) is 7.65. The van der Waals surface area contributed by atoms with Gasteiger partial charge in [0.2, 0.25) is 0 Å². The van der Waals surface area contributed by atoms with Gasteiger partial charge in [0.25, 0.3) is 0 Å². The number of halogens is 6. The molecule has 2 unspecified atom stereocenters. The molecule has 0 amide bonds. The van der Waals surface area contributed by atoms with E-state index in [4.69, 9.17) is 51.1 Å². The molecule has 2 atom stereocenters. The van der Waals surface area contributed by atoms with Gasteiger partial charge in [-0.25, -0.2) is 0 Å². The zero-order valence-electron chi connectivity index (χ0n) is 19.5. The Labute approximate surface area is 251 Å². The maximum Gasteiger partial charge on any atom is 0.164 e. The fraction of sp³-hybridized carbons (Fsp3) is 0.222. The van der Waals surface area contributed by atoms with E-state index in [0.29, 0.717) is 40.3 Å². The molecule has 0 saturated heterocycles. The van der Waals surface area contributed by atoms with Crippen molar-refractivity contribution in [3.05, 3.63) is 115 Å². The molecule has 0 aromatic heterocycles. The summed E-state index contributed by atoms with van der Waals surface area (Å²) in [7, 11) is 0. The largest absolute Gasteiger partial charge is 0.365 e. The van der Waals surface area contributed by atoms with E-state index >= 15 is 0 Å². The van der Waals surface area contributed by atoms with Gasteiger partial charge in [0, 0.05) is 50.5 Å². The lowest BCUT2D eigenvalue weighted by Gasteiger charge is -2.31.